The number of hydrogen-bond acceptors (Lipinski definition) is 0. The van der Waals surface area contributed by atoms with Gasteiger partial charge < -0.3 is 29.4 Å². The monoisotopic (exact) mass is 144 g/mol. The summed E-state index contributed by atoms with van der Waals surface area (Å²) in [6, 6.07) is 0. The van der Waals surface area contributed by atoms with Crippen LogP contribution in [0.2, 0.25) is 0 Å². The van der Waals surface area contributed by atoms with E-state index in [0.717, 1.165) is 0 Å². The van der Waals surface area contributed by atoms with Crippen molar-refractivity contribution in [3.63, 3.8) is 0 Å². The topological polar surface area (TPSA) is 0 Å². The van der Waals surface area contributed by atoms with Gasteiger partial charge in [-0.3, -0.25) is 0 Å². The van der Waals surface area contributed by atoms with Crippen LogP contribution in [0.3, 0.4) is 0 Å². The van der Waals surface area contributed by atoms with Crippen LogP contribution in [0, 0.1) is 0 Å². The number of rotatable bonds is 0. The second-order valence-electron chi connectivity index (χ2n) is 0. The predicted octanol–water partition coefficient (Wildman–Crippen LogP) is -12.0. The molecule has 4 heteroatoms. The Bertz CT molecular complexity index is 8.00. The van der Waals surface area contributed by atoms with E-state index in [0.29, 0.717) is 0 Å². The molecular formula is BrClLiNa. The molecule has 0 atom stereocenters. The molecule has 0 N–H and O–H groups in total. The van der Waals surface area contributed by atoms with E-state index < -0.39 is 0 Å². The first kappa shape index (κ1) is 32.7. The van der Waals surface area contributed by atoms with Crippen molar-refractivity contribution in [3.8, 4) is 0 Å². The SMILES string of the molecule is [Br-].[Cl-].[Li+].[Na+]. The fourth-order valence-electron chi connectivity index (χ4n) is 0. The molecule has 0 aromatic rings. The molecule has 4 heavy (non-hydrogen) atoms. The molecule has 0 aliphatic carbocycles. The molecule has 16 valence electrons. The molecule has 0 saturated carbocycles. The Labute approximate surface area is 76.7 Å². The van der Waals surface area contributed by atoms with Crippen LogP contribution >= 0.6 is 0 Å². The van der Waals surface area contributed by atoms with Gasteiger partial charge in [-0.05, 0) is 0 Å². The quantitative estimate of drug-likeness (QED) is 0.297. The first-order chi connectivity index (χ1) is 0. The van der Waals surface area contributed by atoms with Crippen LogP contribution in [-0.4, -0.2) is 0 Å². The van der Waals surface area contributed by atoms with Crippen molar-refractivity contribution >= 4 is 0 Å². The fourth-order valence-corrected chi connectivity index (χ4v) is 0. The Balaban J connectivity index is 0. The molecule has 0 aliphatic rings. The molecule has 0 amide bonds. The minimum absolute atomic E-state index is 0. The summed E-state index contributed by atoms with van der Waals surface area (Å²) in [6.45, 7) is 0. The van der Waals surface area contributed by atoms with Crippen LogP contribution in [0.5, 0.6) is 0 Å². The van der Waals surface area contributed by atoms with E-state index in [1.54, 1.807) is 0 Å². The van der Waals surface area contributed by atoms with E-state index in [9.17, 15) is 0 Å². The molecule has 0 aromatic carbocycles. The molecule has 0 nitrogen and oxygen atoms in total. The molecule has 0 aromatic heterocycles. The van der Waals surface area contributed by atoms with Crippen molar-refractivity contribution in [1.29, 1.82) is 0 Å². The summed E-state index contributed by atoms with van der Waals surface area (Å²) in [5, 5.41) is 0. The first-order valence-corrected chi connectivity index (χ1v) is 0. The Morgan fingerprint density at radius 2 is 1.00 bits per heavy atom. The normalized spacial score (nSPS) is 0. The predicted molar refractivity (Wildman–Crippen MR) is 0 cm³/mol. The van der Waals surface area contributed by atoms with Gasteiger partial charge in [-0.25, -0.2) is 0 Å². The summed E-state index contributed by atoms with van der Waals surface area (Å²) >= 11 is 0. The van der Waals surface area contributed by atoms with E-state index in [1.807, 2.05) is 0 Å². The standard InChI is InChI=1S/BrH.ClH.Li.Na/h2*1H;;/q;;2*+1/p-2. The molecule has 0 aliphatic heterocycles. The maximum atomic E-state index is 0. The van der Waals surface area contributed by atoms with Crippen molar-refractivity contribution < 1.29 is 77.8 Å². The van der Waals surface area contributed by atoms with Gasteiger partial charge in [0.2, 0.25) is 0 Å². The van der Waals surface area contributed by atoms with Gasteiger partial charge in [0.1, 0.15) is 0 Å². The second kappa shape index (κ2) is 18.3. The maximum Gasteiger partial charge on any atom is 1.00 e. The maximum absolute atomic E-state index is 0. The van der Waals surface area contributed by atoms with Gasteiger partial charge >= 0.3 is 48.4 Å². The largest absolute Gasteiger partial charge is 1.00 e. The summed E-state index contributed by atoms with van der Waals surface area (Å²) in [4.78, 5) is 0. The van der Waals surface area contributed by atoms with Crippen molar-refractivity contribution in [2.24, 2.45) is 0 Å². The van der Waals surface area contributed by atoms with Gasteiger partial charge in [0, 0.05) is 0 Å². The number of hydrogen-bond donors (Lipinski definition) is 0. The molecule has 0 spiro atoms. The van der Waals surface area contributed by atoms with Gasteiger partial charge in [0.15, 0.2) is 0 Å². The molecule has 0 unspecified atom stereocenters. The summed E-state index contributed by atoms with van der Waals surface area (Å²) in [5.41, 5.74) is 0. The van der Waals surface area contributed by atoms with E-state index in [2.05, 4.69) is 0 Å². The third-order valence-electron chi connectivity index (χ3n) is 0. The van der Waals surface area contributed by atoms with Crippen molar-refractivity contribution in [1.82, 2.24) is 0 Å². The van der Waals surface area contributed by atoms with Crippen LogP contribution in [0.25, 0.3) is 0 Å². The van der Waals surface area contributed by atoms with Crippen LogP contribution in [0.4, 0.5) is 0 Å². The third-order valence-corrected chi connectivity index (χ3v) is 0. The fraction of sp³-hybridized carbons (Fsp3) is 0. The molecular weight excluding hydrogens is 145 g/mol. The molecule has 0 rings (SSSR count). The third kappa shape index (κ3) is 8.84. The Kier molecular flexibility index (Phi) is 149. The van der Waals surface area contributed by atoms with Crippen molar-refractivity contribution in [2.75, 3.05) is 0 Å². The zero-order valence-electron chi connectivity index (χ0n) is 2.76. The summed E-state index contributed by atoms with van der Waals surface area (Å²) in [6.07, 6.45) is 0. The summed E-state index contributed by atoms with van der Waals surface area (Å²) in [7, 11) is 0. The molecule has 0 radical (unpaired) electrons. The summed E-state index contributed by atoms with van der Waals surface area (Å²) < 4.78 is 0. The second-order valence-corrected chi connectivity index (χ2v) is 0. The van der Waals surface area contributed by atoms with Gasteiger partial charge in [-0.2, -0.15) is 0 Å². The van der Waals surface area contributed by atoms with Gasteiger partial charge in [0.05, 0.1) is 0 Å². The molecule has 0 heterocycles. The first-order valence-electron chi connectivity index (χ1n) is 0. The Hall–Kier alpha value is 2.37. The summed E-state index contributed by atoms with van der Waals surface area (Å²) in [5.74, 6) is 0. The van der Waals surface area contributed by atoms with Crippen LogP contribution in [0.15, 0.2) is 0 Å². The van der Waals surface area contributed by atoms with Gasteiger partial charge in [-0.15, -0.1) is 0 Å². The smallest absolute Gasteiger partial charge is 1.00 e. The van der Waals surface area contributed by atoms with E-state index in [4.69, 9.17) is 0 Å². The number of halogens is 2. The van der Waals surface area contributed by atoms with Crippen molar-refractivity contribution in [2.45, 2.75) is 0 Å². The Morgan fingerprint density at radius 3 is 1.00 bits per heavy atom. The van der Waals surface area contributed by atoms with Gasteiger partial charge in [-0.1, -0.05) is 0 Å². The Morgan fingerprint density at radius 1 is 1.00 bits per heavy atom. The van der Waals surface area contributed by atoms with Crippen molar-refractivity contribution in [3.05, 3.63) is 0 Å². The zero-order chi connectivity index (χ0) is 0. The minimum atomic E-state index is 0. The average molecular weight is 145 g/mol. The van der Waals surface area contributed by atoms with Crippen LogP contribution in [-0.2, 0) is 0 Å². The molecule has 0 bridgehead atoms. The average Bonchev–Trinajstić information content (AvgIpc) is 0. The molecule has 0 saturated heterocycles. The van der Waals surface area contributed by atoms with Crippen LogP contribution in [0.1, 0.15) is 0 Å². The van der Waals surface area contributed by atoms with Gasteiger partial charge in [0.25, 0.3) is 0 Å². The zero-order valence-corrected chi connectivity index (χ0v) is 7.10. The van der Waals surface area contributed by atoms with E-state index in [-0.39, 0.29) is 77.8 Å². The van der Waals surface area contributed by atoms with E-state index >= 15 is 0 Å². The van der Waals surface area contributed by atoms with E-state index in [1.165, 1.54) is 0 Å². The molecule has 0 fully saturated rings. The van der Waals surface area contributed by atoms with Crippen LogP contribution < -0.4 is 77.8 Å². The minimum Gasteiger partial charge on any atom is -1.00 e.